The van der Waals surface area contributed by atoms with Gasteiger partial charge in [-0.1, -0.05) is 24.3 Å². The van der Waals surface area contributed by atoms with E-state index < -0.39 is 5.97 Å². The van der Waals surface area contributed by atoms with Gasteiger partial charge in [0.1, 0.15) is 0 Å². The first-order valence-electron chi connectivity index (χ1n) is 9.27. The molecule has 0 fully saturated rings. The lowest BCUT2D eigenvalue weighted by molar-refractivity contribution is -0.137. The van der Waals surface area contributed by atoms with Crippen molar-refractivity contribution in [2.45, 2.75) is 44.9 Å². The van der Waals surface area contributed by atoms with E-state index >= 15 is 0 Å². The van der Waals surface area contributed by atoms with Crippen LogP contribution in [0.1, 0.15) is 52.7 Å². The van der Waals surface area contributed by atoms with Gasteiger partial charge in [0.05, 0.1) is 0 Å². The SMILES string of the molecule is O=C(O)CCc1cccc(NC(=O)CCC(=O)c2ccc3c(c2)CCC3)c1. The molecule has 0 unspecified atom stereocenters. The maximum Gasteiger partial charge on any atom is 0.303 e. The molecular formula is C22H23NO4. The second-order valence-corrected chi connectivity index (χ2v) is 6.90. The third-order valence-electron chi connectivity index (χ3n) is 4.84. The summed E-state index contributed by atoms with van der Waals surface area (Å²) < 4.78 is 0. The van der Waals surface area contributed by atoms with Crippen LogP contribution in [0.25, 0.3) is 0 Å². The van der Waals surface area contributed by atoms with Crippen molar-refractivity contribution in [3.8, 4) is 0 Å². The molecule has 0 atom stereocenters. The van der Waals surface area contributed by atoms with Crippen molar-refractivity contribution < 1.29 is 19.5 Å². The zero-order valence-corrected chi connectivity index (χ0v) is 15.2. The Labute approximate surface area is 158 Å². The molecule has 1 aliphatic rings. The van der Waals surface area contributed by atoms with Crippen molar-refractivity contribution in [2.24, 2.45) is 0 Å². The summed E-state index contributed by atoms with van der Waals surface area (Å²) in [6.45, 7) is 0. The lowest BCUT2D eigenvalue weighted by atomic mass is 10.0. The average molecular weight is 365 g/mol. The Morgan fingerprint density at radius 2 is 1.74 bits per heavy atom. The van der Waals surface area contributed by atoms with Crippen molar-refractivity contribution in [2.75, 3.05) is 5.32 Å². The molecule has 0 aliphatic heterocycles. The lowest BCUT2D eigenvalue weighted by Crippen LogP contribution is -2.13. The fourth-order valence-electron chi connectivity index (χ4n) is 3.40. The van der Waals surface area contributed by atoms with Crippen LogP contribution in [0, 0.1) is 0 Å². The molecule has 0 radical (unpaired) electrons. The molecule has 2 N–H and O–H groups in total. The maximum atomic E-state index is 12.4. The number of hydrogen-bond acceptors (Lipinski definition) is 3. The van der Waals surface area contributed by atoms with Gasteiger partial charge in [0, 0.05) is 30.5 Å². The van der Waals surface area contributed by atoms with E-state index in [0.717, 1.165) is 24.8 Å². The van der Waals surface area contributed by atoms with Gasteiger partial charge in [0.25, 0.3) is 0 Å². The van der Waals surface area contributed by atoms with Crippen LogP contribution in [-0.2, 0) is 28.9 Å². The number of amides is 1. The molecule has 0 saturated carbocycles. The Hall–Kier alpha value is -2.95. The van der Waals surface area contributed by atoms with Gasteiger partial charge in [0.2, 0.25) is 5.91 Å². The minimum absolute atomic E-state index is 0.0185. The van der Waals surface area contributed by atoms with Gasteiger partial charge < -0.3 is 10.4 Å². The number of Topliss-reactive ketones (excluding diaryl/α,β-unsaturated/α-hetero) is 1. The second-order valence-electron chi connectivity index (χ2n) is 6.90. The molecule has 140 valence electrons. The number of carboxylic acid groups (broad SMARTS) is 1. The molecule has 2 aromatic carbocycles. The molecular weight excluding hydrogens is 342 g/mol. The topological polar surface area (TPSA) is 83.5 Å². The summed E-state index contributed by atoms with van der Waals surface area (Å²) in [6.07, 6.45) is 3.99. The number of benzene rings is 2. The monoisotopic (exact) mass is 365 g/mol. The number of carboxylic acids is 1. The third kappa shape index (κ3) is 5.26. The highest BCUT2D eigenvalue weighted by Gasteiger charge is 2.15. The first kappa shape index (κ1) is 18.8. The van der Waals surface area contributed by atoms with Gasteiger partial charge >= 0.3 is 5.97 Å². The summed E-state index contributed by atoms with van der Waals surface area (Å²) in [4.78, 5) is 35.2. The van der Waals surface area contributed by atoms with Gasteiger partial charge in [-0.25, -0.2) is 0 Å². The summed E-state index contributed by atoms with van der Waals surface area (Å²) in [7, 11) is 0. The van der Waals surface area contributed by atoms with Crippen LogP contribution in [0.2, 0.25) is 0 Å². The van der Waals surface area contributed by atoms with Gasteiger partial charge in [-0.2, -0.15) is 0 Å². The van der Waals surface area contributed by atoms with E-state index in [1.165, 1.54) is 11.1 Å². The van der Waals surface area contributed by atoms with Crippen molar-refractivity contribution in [1.29, 1.82) is 0 Å². The molecule has 2 aromatic rings. The maximum absolute atomic E-state index is 12.4. The minimum Gasteiger partial charge on any atom is -0.481 e. The Kier molecular flexibility index (Phi) is 6.01. The number of anilines is 1. The first-order valence-corrected chi connectivity index (χ1v) is 9.27. The highest BCUT2D eigenvalue weighted by Crippen LogP contribution is 2.23. The predicted octanol–water partition coefficient (Wildman–Crippen LogP) is 3.79. The zero-order valence-electron chi connectivity index (χ0n) is 15.2. The number of hydrogen-bond donors (Lipinski definition) is 2. The number of carbonyl (C=O) groups excluding carboxylic acids is 2. The molecule has 0 spiro atoms. The van der Waals surface area contributed by atoms with Crippen LogP contribution in [0.4, 0.5) is 5.69 Å². The third-order valence-corrected chi connectivity index (χ3v) is 4.84. The van der Waals surface area contributed by atoms with Crippen molar-refractivity contribution in [3.63, 3.8) is 0 Å². The molecule has 0 saturated heterocycles. The van der Waals surface area contributed by atoms with Crippen LogP contribution in [0.3, 0.4) is 0 Å². The smallest absolute Gasteiger partial charge is 0.303 e. The molecule has 5 heteroatoms. The normalized spacial score (nSPS) is 12.4. The largest absolute Gasteiger partial charge is 0.481 e. The highest BCUT2D eigenvalue weighted by atomic mass is 16.4. The van der Waals surface area contributed by atoms with E-state index in [1.807, 2.05) is 24.3 Å². The Morgan fingerprint density at radius 1 is 0.926 bits per heavy atom. The Balaban J connectivity index is 1.51. The Bertz CT molecular complexity index is 872. The summed E-state index contributed by atoms with van der Waals surface area (Å²) >= 11 is 0. The Morgan fingerprint density at radius 3 is 2.56 bits per heavy atom. The van der Waals surface area contributed by atoms with Gasteiger partial charge in [0.15, 0.2) is 5.78 Å². The molecule has 3 rings (SSSR count). The average Bonchev–Trinajstić information content (AvgIpc) is 3.12. The van der Waals surface area contributed by atoms with Crippen molar-refractivity contribution in [1.82, 2.24) is 0 Å². The van der Waals surface area contributed by atoms with Crippen LogP contribution >= 0.6 is 0 Å². The summed E-state index contributed by atoms with van der Waals surface area (Å²) in [6, 6.07) is 13.0. The van der Waals surface area contributed by atoms with Gasteiger partial charge in [-0.15, -0.1) is 0 Å². The fourth-order valence-corrected chi connectivity index (χ4v) is 3.40. The van der Waals surface area contributed by atoms with E-state index in [9.17, 15) is 14.4 Å². The predicted molar refractivity (Wildman–Crippen MR) is 103 cm³/mol. The number of fused-ring (bicyclic) bond motifs is 1. The van der Waals surface area contributed by atoms with E-state index in [0.29, 0.717) is 17.7 Å². The summed E-state index contributed by atoms with van der Waals surface area (Å²) in [5.74, 6) is -1.09. The first-order chi connectivity index (χ1) is 13.0. The number of nitrogens with one attached hydrogen (secondary N) is 1. The van der Waals surface area contributed by atoms with E-state index in [2.05, 4.69) is 5.32 Å². The van der Waals surface area contributed by atoms with Crippen LogP contribution in [0.5, 0.6) is 0 Å². The van der Waals surface area contributed by atoms with E-state index in [4.69, 9.17) is 5.11 Å². The number of carbonyl (C=O) groups is 3. The summed E-state index contributed by atoms with van der Waals surface area (Å²) in [5.41, 5.74) is 4.73. The number of aliphatic carboxylic acids is 1. The molecule has 0 heterocycles. The molecule has 0 bridgehead atoms. The molecule has 27 heavy (non-hydrogen) atoms. The number of rotatable bonds is 8. The fraction of sp³-hybridized carbons (Fsp3) is 0.318. The summed E-state index contributed by atoms with van der Waals surface area (Å²) in [5, 5.41) is 11.5. The van der Waals surface area contributed by atoms with Crippen LogP contribution in [0.15, 0.2) is 42.5 Å². The van der Waals surface area contributed by atoms with Crippen LogP contribution in [-0.4, -0.2) is 22.8 Å². The van der Waals surface area contributed by atoms with Crippen molar-refractivity contribution in [3.05, 3.63) is 64.7 Å². The lowest BCUT2D eigenvalue weighted by Gasteiger charge is -2.08. The van der Waals surface area contributed by atoms with Crippen molar-refractivity contribution >= 4 is 23.3 Å². The highest BCUT2D eigenvalue weighted by molar-refractivity contribution is 6.00. The molecule has 5 nitrogen and oxygen atoms in total. The van der Waals surface area contributed by atoms with Gasteiger partial charge in [-0.05, 0) is 60.6 Å². The number of ketones is 1. The molecule has 1 amide bonds. The zero-order chi connectivity index (χ0) is 19.2. The minimum atomic E-state index is -0.852. The van der Waals surface area contributed by atoms with E-state index in [1.54, 1.807) is 18.2 Å². The molecule has 0 aromatic heterocycles. The van der Waals surface area contributed by atoms with Crippen LogP contribution < -0.4 is 5.32 Å². The standard InChI is InChI=1S/C22H23NO4/c24-20(18-9-8-16-4-2-5-17(16)14-18)10-11-21(25)23-19-6-1-3-15(13-19)7-12-22(26)27/h1,3,6,8-9,13-14H,2,4-5,7,10-12H2,(H,23,25)(H,26,27). The second kappa shape index (κ2) is 8.62. The van der Waals surface area contributed by atoms with Gasteiger partial charge in [-0.3, -0.25) is 14.4 Å². The van der Waals surface area contributed by atoms with E-state index in [-0.39, 0.29) is 31.0 Å². The quantitative estimate of drug-likeness (QED) is 0.697. The number of aryl methyl sites for hydroxylation is 3. The molecule has 1 aliphatic carbocycles.